The van der Waals surface area contributed by atoms with Crippen LogP contribution in [0.5, 0.6) is 0 Å². The first-order chi connectivity index (χ1) is 3.66. The van der Waals surface area contributed by atoms with E-state index in [9.17, 15) is 4.79 Å². The van der Waals surface area contributed by atoms with Crippen LogP contribution in [0.15, 0.2) is 12.2 Å². The number of hydrogen-bond donors (Lipinski definition) is 1. The summed E-state index contributed by atoms with van der Waals surface area (Å²) in [4.78, 5) is 10.2. The molecule has 46 valence electrons. The number of hydrogen-bond acceptors (Lipinski definition) is 2. The molecule has 0 fully saturated rings. The van der Waals surface area contributed by atoms with E-state index < -0.39 is 0 Å². The summed E-state index contributed by atoms with van der Waals surface area (Å²) in [5.41, 5.74) is 0.581. The lowest BCUT2D eigenvalue weighted by molar-refractivity contribution is -0.116. The Bertz CT molecular complexity index is 105. The molecule has 0 aliphatic heterocycles. The molecule has 0 aliphatic carbocycles. The Kier molecular flexibility index (Phi) is 3.12. The second-order valence-corrected chi connectivity index (χ2v) is 1.79. The molecule has 0 aromatic carbocycles. The van der Waals surface area contributed by atoms with Crippen molar-refractivity contribution in [2.75, 3.05) is 6.61 Å². The third kappa shape index (κ3) is 3.56. The summed E-state index contributed by atoms with van der Waals surface area (Å²) in [6, 6.07) is 0. The van der Waals surface area contributed by atoms with Crippen LogP contribution in [-0.2, 0) is 4.79 Å². The van der Waals surface area contributed by atoms with Crippen molar-refractivity contribution in [3.63, 3.8) is 0 Å². The Morgan fingerprint density at radius 2 is 2.25 bits per heavy atom. The molecule has 0 saturated heterocycles. The first-order valence-electron chi connectivity index (χ1n) is 2.43. The van der Waals surface area contributed by atoms with Crippen LogP contribution in [0.2, 0.25) is 0 Å². The quantitative estimate of drug-likeness (QED) is 0.543. The molecule has 0 rings (SSSR count). The van der Waals surface area contributed by atoms with Crippen LogP contribution in [-0.4, -0.2) is 17.5 Å². The zero-order valence-electron chi connectivity index (χ0n) is 4.98. The van der Waals surface area contributed by atoms with Crippen molar-refractivity contribution in [3.05, 3.63) is 12.2 Å². The van der Waals surface area contributed by atoms with Crippen LogP contribution in [0.25, 0.3) is 0 Å². The maximum Gasteiger partial charge on any atom is 0.133 e. The van der Waals surface area contributed by atoms with Crippen LogP contribution >= 0.6 is 0 Å². The number of ketones is 1. The SMILES string of the molecule is C=C(CO)CC(C)=O. The van der Waals surface area contributed by atoms with E-state index in [2.05, 4.69) is 6.58 Å². The second-order valence-electron chi connectivity index (χ2n) is 1.79. The highest BCUT2D eigenvalue weighted by Gasteiger charge is 1.94. The number of rotatable bonds is 3. The first kappa shape index (κ1) is 7.37. The van der Waals surface area contributed by atoms with Crippen molar-refractivity contribution in [2.24, 2.45) is 0 Å². The molecular weight excluding hydrogens is 104 g/mol. The molecule has 0 aliphatic rings. The molecule has 0 aromatic heterocycles. The smallest absolute Gasteiger partial charge is 0.133 e. The van der Waals surface area contributed by atoms with Crippen molar-refractivity contribution in [1.82, 2.24) is 0 Å². The molecule has 0 aromatic rings. The van der Waals surface area contributed by atoms with Gasteiger partial charge in [-0.05, 0) is 12.5 Å². The Morgan fingerprint density at radius 1 is 1.75 bits per heavy atom. The van der Waals surface area contributed by atoms with Gasteiger partial charge in [0.1, 0.15) is 5.78 Å². The fourth-order valence-corrected chi connectivity index (χ4v) is 0.408. The van der Waals surface area contributed by atoms with Crippen molar-refractivity contribution >= 4 is 5.78 Å². The molecule has 0 spiro atoms. The standard InChI is InChI=1S/C6H10O2/c1-5(4-7)3-6(2)8/h7H,1,3-4H2,2H3. The van der Waals surface area contributed by atoms with Crippen LogP contribution < -0.4 is 0 Å². The molecule has 0 heterocycles. The van der Waals surface area contributed by atoms with E-state index in [0.717, 1.165) is 0 Å². The monoisotopic (exact) mass is 114 g/mol. The van der Waals surface area contributed by atoms with E-state index >= 15 is 0 Å². The summed E-state index contributed by atoms with van der Waals surface area (Å²) in [5, 5.41) is 8.33. The molecule has 0 saturated carbocycles. The first-order valence-corrected chi connectivity index (χ1v) is 2.43. The number of aliphatic hydroxyl groups is 1. The predicted octanol–water partition coefficient (Wildman–Crippen LogP) is 0.514. The van der Waals surface area contributed by atoms with Crippen LogP contribution in [0, 0.1) is 0 Å². The Hall–Kier alpha value is -0.630. The van der Waals surface area contributed by atoms with E-state index in [1.807, 2.05) is 0 Å². The number of carbonyl (C=O) groups is 1. The molecule has 0 amide bonds. The summed E-state index contributed by atoms with van der Waals surface area (Å²) in [6.45, 7) is 4.83. The van der Waals surface area contributed by atoms with Gasteiger partial charge in [-0.3, -0.25) is 4.79 Å². The molecule has 0 unspecified atom stereocenters. The van der Waals surface area contributed by atoms with E-state index in [1.165, 1.54) is 6.92 Å². The van der Waals surface area contributed by atoms with Crippen LogP contribution in [0.1, 0.15) is 13.3 Å². The van der Waals surface area contributed by atoms with Crippen molar-refractivity contribution in [3.8, 4) is 0 Å². The lowest BCUT2D eigenvalue weighted by Crippen LogP contribution is -1.95. The van der Waals surface area contributed by atoms with Gasteiger partial charge < -0.3 is 5.11 Å². The Morgan fingerprint density at radius 3 is 2.38 bits per heavy atom. The van der Waals surface area contributed by atoms with Gasteiger partial charge in [0.2, 0.25) is 0 Å². The average molecular weight is 114 g/mol. The number of Topliss-reactive ketones (excluding diaryl/α,β-unsaturated/α-hetero) is 1. The predicted molar refractivity (Wildman–Crippen MR) is 31.5 cm³/mol. The van der Waals surface area contributed by atoms with Gasteiger partial charge in [-0.15, -0.1) is 0 Å². The van der Waals surface area contributed by atoms with Gasteiger partial charge in [0, 0.05) is 6.42 Å². The van der Waals surface area contributed by atoms with E-state index in [1.54, 1.807) is 0 Å². The summed E-state index contributed by atoms with van der Waals surface area (Å²) in [5.74, 6) is 0.0454. The zero-order valence-corrected chi connectivity index (χ0v) is 4.98. The molecule has 0 atom stereocenters. The minimum atomic E-state index is -0.0837. The van der Waals surface area contributed by atoms with Crippen LogP contribution in [0.4, 0.5) is 0 Å². The molecule has 0 radical (unpaired) electrons. The highest BCUT2D eigenvalue weighted by molar-refractivity contribution is 5.77. The maximum atomic E-state index is 10.2. The van der Waals surface area contributed by atoms with Gasteiger partial charge in [-0.25, -0.2) is 0 Å². The molecule has 2 heteroatoms. The molecule has 1 N–H and O–H groups in total. The average Bonchev–Trinajstić information content (AvgIpc) is 1.65. The topological polar surface area (TPSA) is 37.3 Å². The Balaban J connectivity index is 3.40. The highest BCUT2D eigenvalue weighted by Crippen LogP contribution is 1.94. The van der Waals surface area contributed by atoms with Gasteiger partial charge in [-0.2, -0.15) is 0 Å². The van der Waals surface area contributed by atoms with Crippen molar-refractivity contribution in [2.45, 2.75) is 13.3 Å². The van der Waals surface area contributed by atoms with E-state index in [4.69, 9.17) is 5.11 Å². The minimum absolute atomic E-state index is 0.0454. The fraction of sp³-hybridized carbons (Fsp3) is 0.500. The van der Waals surface area contributed by atoms with E-state index in [-0.39, 0.29) is 12.4 Å². The largest absolute Gasteiger partial charge is 0.392 e. The third-order valence-electron chi connectivity index (χ3n) is 0.723. The third-order valence-corrected chi connectivity index (χ3v) is 0.723. The summed E-state index contributed by atoms with van der Waals surface area (Å²) in [6.07, 6.45) is 0.302. The lowest BCUT2D eigenvalue weighted by atomic mass is 10.2. The van der Waals surface area contributed by atoms with Gasteiger partial charge in [-0.1, -0.05) is 6.58 Å². The lowest BCUT2D eigenvalue weighted by Gasteiger charge is -1.93. The maximum absolute atomic E-state index is 10.2. The van der Waals surface area contributed by atoms with Crippen LogP contribution in [0.3, 0.4) is 0 Å². The minimum Gasteiger partial charge on any atom is -0.392 e. The number of carbonyl (C=O) groups excluding carboxylic acids is 1. The summed E-state index contributed by atoms with van der Waals surface area (Å²) >= 11 is 0. The van der Waals surface area contributed by atoms with E-state index in [0.29, 0.717) is 12.0 Å². The van der Waals surface area contributed by atoms with Crippen molar-refractivity contribution < 1.29 is 9.90 Å². The molecule has 2 nitrogen and oxygen atoms in total. The second kappa shape index (κ2) is 3.38. The normalized spacial score (nSPS) is 8.75. The van der Waals surface area contributed by atoms with Crippen molar-refractivity contribution in [1.29, 1.82) is 0 Å². The summed E-state index contributed by atoms with van der Waals surface area (Å²) < 4.78 is 0. The van der Waals surface area contributed by atoms with Gasteiger partial charge in [0.15, 0.2) is 0 Å². The van der Waals surface area contributed by atoms with Gasteiger partial charge >= 0.3 is 0 Å². The zero-order chi connectivity index (χ0) is 6.57. The molecule has 0 bridgehead atoms. The Labute approximate surface area is 48.8 Å². The highest BCUT2D eigenvalue weighted by atomic mass is 16.3. The molecule has 8 heavy (non-hydrogen) atoms. The fourth-order valence-electron chi connectivity index (χ4n) is 0.408. The van der Waals surface area contributed by atoms with Gasteiger partial charge in [0.05, 0.1) is 6.61 Å². The number of aliphatic hydroxyl groups excluding tert-OH is 1. The molecular formula is C6H10O2. The van der Waals surface area contributed by atoms with Gasteiger partial charge in [0.25, 0.3) is 0 Å². The summed E-state index contributed by atoms with van der Waals surface area (Å²) in [7, 11) is 0.